The van der Waals surface area contributed by atoms with Gasteiger partial charge in [0.05, 0.1) is 5.60 Å². The zero-order valence-corrected chi connectivity index (χ0v) is 10.4. The van der Waals surface area contributed by atoms with Crippen LogP contribution in [0, 0.1) is 0 Å². The normalized spacial score (nSPS) is 26.7. The van der Waals surface area contributed by atoms with Crippen LogP contribution in [0.25, 0.3) is 0 Å². The Bertz CT molecular complexity index is 310. The molecule has 0 amide bonds. The van der Waals surface area contributed by atoms with E-state index in [0.29, 0.717) is 0 Å². The fourth-order valence-electron chi connectivity index (χ4n) is 1.57. The second kappa shape index (κ2) is 4.16. The largest absolute Gasteiger partial charge is 0.373 e. The summed E-state index contributed by atoms with van der Waals surface area (Å²) in [7, 11) is 0. The first kappa shape index (κ1) is 10.4. The highest BCUT2D eigenvalue weighted by atomic mass is 79.9. The highest BCUT2D eigenvalue weighted by Crippen LogP contribution is 2.26. The Balaban J connectivity index is 1.87. The first-order chi connectivity index (χ1) is 6.68. The van der Waals surface area contributed by atoms with Gasteiger partial charge in [-0.15, -0.1) is 11.3 Å². The van der Waals surface area contributed by atoms with E-state index in [2.05, 4.69) is 33.2 Å². The maximum atomic E-state index is 5.67. The van der Waals surface area contributed by atoms with E-state index in [0.717, 1.165) is 29.3 Å². The molecule has 1 N–H and O–H groups in total. The van der Waals surface area contributed by atoms with Crippen LogP contribution in [-0.2, 0) is 4.74 Å². The van der Waals surface area contributed by atoms with Gasteiger partial charge < -0.3 is 10.1 Å². The summed E-state index contributed by atoms with van der Waals surface area (Å²) in [6, 6.07) is 0. The van der Waals surface area contributed by atoms with Gasteiger partial charge in [0.25, 0.3) is 0 Å². The van der Waals surface area contributed by atoms with Gasteiger partial charge >= 0.3 is 0 Å². The molecule has 5 heteroatoms. The third-order valence-corrected chi connectivity index (χ3v) is 3.90. The van der Waals surface area contributed by atoms with Gasteiger partial charge in [0, 0.05) is 18.5 Å². The first-order valence-electron chi connectivity index (χ1n) is 4.67. The molecular weight excluding hydrogens is 264 g/mol. The van der Waals surface area contributed by atoms with E-state index in [1.165, 1.54) is 6.42 Å². The number of rotatable bonds is 3. The van der Waals surface area contributed by atoms with Crippen molar-refractivity contribution in [2.45, 2.75) is 25.4 Å². The number of aromatic nitrogens is 1. The van der Waals surface area contributed by atoms with E-state index in [1.807, 2.05) is 5.38 Å². The predicted octanol–water partition coefficient (Wildman–Crippen LogP) is 2.89. The number of hydrogen-bond donors (Lipinski definition) is 1. The third-order valence-electron chi connectivity index (χ3n) is 2.39. The minimum Gasteiger partial charge on any atom is -0.373 e. The Labute approximate surface area is 96.0 Å². The molecule has 3 nitrogen and oxygen atoms in total. The molecule has 78 valence electrons. The number of nitrogens with one attached hydrogen (secondary N) is 1. The van der Waals surface area contributed by atoms with E-state index in [4.69, 9.17) is 4.74 Å². The third kappa shape index (κ3) is 2.46. The van der Waals surface area contributed by atoms with Gasteiger partial charge in [0.15, 0.2) is 5.13 Å². The molecule has 1 aromatic rings. The summed E-state index contributed by atoms with van der Waals surface area (Å²) in [5, 5.41) is 6.23. The van der Waals surface area contributed by atoms with Crippen molar-refractivity contribution in [3.8, 4) is 0 Å². The molecule has 1 atom stereocenters. The molecule has 1 aliphatic rings. The smallest absolute Gasteiger partial charge is 0.183 e. The van der Waals surface area contributed by atoms with Crippen molar-refractivity contribution in [2.24, 2.45) is 0 Å². The van der Waals surface area contributed by atoms with Gasteiger partial charge in [-0.1, -0.05) is 0 Å². The Morgan fingerprint density at radius 3 is 3.21 bits per heavy atom. The van der Waals surface area contributed by atoms with Gasteiger partial charge in [-0.05, 0) is 35.7 Å². The summed E-state index contributed by atoms with van der Waals surface area (Å²) in [6.45, 7) is 3.88. The highest BCUT2D eigenvalue weighted by molar-refractivity contribution is 9.10. The molecule has 1 aromatic heterocycles. The van der Waals surface area contributed by atoms with Crippen molar-refractivity contribution >= 4 is 32.4 Å². The molecule has 0 spiro atoms. The molecule has 1 fully saturated rings. The van der Waals surface area contributed by atoms with Crippen LogP contribution in [0.5, 0.6) is 0 Å². The summed E-state index contributed by atoms with van der Waals surface area (Å²) >= 11 is 4.93. The molecule has 1 unspecified atom stereocenters. The number of halogens is 1. The summed E-state index contributed by atoms with van der Waals surface area (Å²) in [5.41, 5.74) is -0.00184. The van der Waals surface area contributed by atoms with Crippen LogP contribution >= 0.6 is 27.3 Å². The number of thiazole rings is 1. The van der Waals surface area contributed by atoms with Gasteiger partial charge in [0.1, 0.15) is 4.60 Å². The Morgan fingerprint density at radius 1 is 1.79 bits per heavy atom. The zero-order valence-electron chi connectivity index (χ0n) is 8.05. The zero-order chi connectivity index (χ0) is 10.0. The number of ether oxygens (including phenoxy) is 1. The first-order valence-corrected chi connectivity index (χ1v) is 6.34. The minimum atomic E-state index is -0.00184. The molecule has 1 aliphatic heterocycles. The van der Waals surface area contributed by atoms with E-state index in [9.17, 15) is 0 Å². The summed E-state index contributed by atoms with van der Waals surface area (Å²) in [5.74, 6) is 0. The van der Waals surface area contributed by atoms with E-state index < -0.39 is 0 Å². The maximum Gasteiger partial charge on any atom is 0.183 e. The molecule has 0 saturated carbocycles. The average molecular weight is 277 g/mol. The van der Waals surface area contributed by atoms with Crippen molar-refractivity contribution in [1.29, 1.82) is 0 Å². The van der Waals surface area contributed by atoms with Crippen LogP contribution < -0.4 is 5.32 Å². The molecule has 2 heterocycles. The lowest BCUT2D eigenvalue weighted by atomic mass is 10.0. The van der Waals surface area contributed by atoms with Crippen LogP contribution in [0.3, 0.4) is 0 Å². The average Bonchev–Trinajstić information content (AvgIpc) is 2.73. The van der Waals surface area contributed by atoms with Crippen LogP contribution in [-0.4, -0.2) is 23.7 Å². The van der Waals surface area contributed by atoms with E-state index in [1.54, 1.807) is 11.3 Å². The summed E-state index contributed by atoms with van der Waals surface area (Å²) in [6.07, 6.45) is 2.30. The topological polar surface area (TPSA) is 34.2 Å². The molecule has 0 radical (unpaired) electrons. The molecule has 0 aliphatic carbocycles. The molecule has 0 bridgehead atoms. The lowest BCUT2D eigenvalue weighted by Crippen LogP contribution is -2.32. The second-order valence-corrected chi connectivity index (χ2v) is 5.40. The lowest BCUT2D eigenvalue weighted by molar-refractivity contribution is 0.0315. The van der Waals surface area contributed by atoms with E-state index in [-0.39, 0.29) is 5.60 Å². The Hall–Kier alpha value is -0.130. The van der Waals surface area contributed by atoms with Gasteiger partial charge in [-0.3, -0.25) is 0 Å². The maximum absolute atomic E-state index is 5.67. The van der Waals surface area contributed by atoms with Crippen molar-refractivity contribution in [3.63, 3.8) is 0 Å². The molecule has 0 aromatic carbocycles. The predicted molar refractivity (Wildman–Crippen MR) is 61.9 cm³/mol. The monoisotopic (exact) mass is 276 g/mol. The Morgan fingerprint density at radius 2 is 2.64 bits per heavy atom. The van der Waals surface area contributed by atoms with Crippen molar-refractivity contribution in [1.82, 2.24) is 4.98 Å². The van der Waals surface area contributed by atoms with Crippen LogP contribution in [0.15, 0.2) is 9.98 Å². The fourth-order valence-corrected chi connectivity index (χ4v) is 2.72. The Kier molecular flexibility index (Phi) is 3.09. The van der Waals surface area contributed by atoms with Gasteiger partial charge in [-0.25, -0.2) is 4.98 Å². The summed E-state index contributed by atoms with van der Waals surface area (Å²) in [4.78, 5) is 4.27. The fraction of sp³-hybridized carbons (Fsp3) is 0.667. The van der Waals surface area contributed by atoms with Gasteiger partial charge in [0.2, 0.25) is 0 Å². The molecular formula is C9H13BrN2OS. The quantitative estimate of drug-likeness (QED) is 0.922. The van der Waals surface area contributed by atoms with Crippen LogP contribution in [0.4, 0.5) is 5.13 Å². The lowest BCUT2D eigenvalue weighted by Gasteiger charge is -2.22. The van der Waals surface area contributed by atoms with Crippen molar-refractivity contribution in [2.75, 3.05) is 18.5 Å². The SMILES string of the molecule is CC1(CNc2nc(Br)cs2)CCCO1. The minimum absolute atomic E-state index is 0.00184. The van der Waals surface area contributed by atoms with Crippen LogP contribution in [0.2, 0.25) is 0 Å². The van der Waals surface area contributed by atoms with E-state index >= 15 is 0 Å². The molecule has 14 heavy (non-hydrogen) atoms. The molecule has 2 rings (SSSR count). The van der Waals surface area contributed by atoms with Gasteiger partial charge in [-0.2, -0.15) is 0 Å². The number of hydrogen-bond acceptors (Lipinski definition) is 4. The standard InChI is InChI=1S/C9H13BrN2OS/c1-9(3-2-4-13-9)6-11-8-12-7(10)5-14-8/h5H,2-4,6H2,1H3,(H,11,12). The number of nitrogens with zero attached hydrogens (tertiary/aromatic N) is 1. The molecule has 1 saturated heterocycles. The highest BCUT2D eigenvalue weighted by Gasteiger charge is 2.29. The van der Waals surface area contributed by atoms with Crippen molar-refractivity contribution in [3.05, 3.63) is 9.98 Å². The van der Waals surface area contributed by atoms with Crippen LogP contribution in [0.1, 0.15) is 19.8 Å². The van der Waals surface area contributed by atoms with Crippen molar-refractivity contribution < 1.29 is 4.74 Å². The summed E-state index contributed by atoms with van der Waals surface area (Å²) < 4.78 is 6.56. The number of anilines is 1. The second-order valence-electron chi connectivity index (χ2n) is 3.73.